The number of nitrogens with two attached hydrogens (primary N) is 1. The molecule has 2 aromatic rings. The van der Waals surface area contributed by atoms with Gasteiger partial charge < -0.3 is 5.73 Å². The summed E-state index contributed by atoms with van der Waals surface area (Å²) in [5, 5.41) is 2.12. The summed E-state index contributed by atoms with van der Waals surface area (Å²) in [4.78, 5) is 12.1. The Kier molecular flexibility index (Phi) is 3.78. The van der Waals surface area contributed by atoms with E-state index in [1.54, 1.807) is 0 Å². The second kappa shape index (κ2) is 5.50. The molecule has 0 aliphatic carbocycles. The molecule has 0 amide bonds. The number of carbonyl (C=O) groups excluding carboxylic acids is 1. The Balaban J connectivity index is 2.29. The van der Waals surface area contributed by atoms with Gasteiger partial charge >= 0.3 is 0 Å². The third-order valence-corrected chi connectivity index (χ3v) is 3.03. The van der Waals surface area contributed by atoms with Gasteiger partial charge in [0, 0.05) is 17.7 Å². The first-order valence-electron chi connectivity index (χ1n) is 6.14. The lowest BCUT2D eigenvalue weighted by Gasteiger charge is -2.07. The SMILES string of the molecule is C=CCCCC(=O)c1cc2ccccc2cc1N. The maximum Gasteiger partial charge on any atom is 0.164 e. The number of carbonyl (C=O) groups is 1. The van der Waals surface area contributed by atoms with Crippen molar-refractivity contribution in [3.8, 4) is 0 Å². The average Bonchev–Trinajstić information content (AvgIpc) is 2.38. The summed E-state index contributed by atoms with van der Waals surface area (Å²) in [6.45, 7) is 3.65. The highest BCUT2D eigenvalue weighted by Gasteiger charge is 2.10. The number of nitrogen functional groups attached to an aromatic ring is 1. The van der Waals surface area contributed by atoms with E-state index in [-0.39, 0.29) is 5.78 Å². The monoisotopic (exact) mass is 239 g/mol. The van der Waals surface area contributed by atoms with E-state index in [1.807, 2.05) is 42.5 Å². The molecule has 0 fully saturated rings. The van der Waals surface area contributed by atoms with Gasteiger partial charge in [-0.1, -0.05) is 30.3 Å². The molecule has 0 saturated heterocycles. The van der Waals surface area contributed by atoms with Crippen LogP contribution >= 0.6 is 0 Å². The fraction of sp³-hybridized carbons (Fsp3) is 0.188. The molecule has 0 aromatic heterocycles. The smallest absolute Gasteiger partial charge is 0.164 e. The van der Waals surface area contributed by atoms with Crippen LogP contribution in [0.15, 0.2) is 49.1 Å². The fourth-order valence-electron chi connectivity index (χ4n) is 2.04. The summed E-state index contributed by atoms with van der Waals surface area (Å²) in [6, 6.07) is 11.7. The molecule has 0 atom stereocenters. The van der Waals surface area contributed by atoms with Crippen LogP contribution in [0.2, 0.25) is 0 Å². The number of benzene rings is 2. The maximum absolute atomic E-state index is 12.1. The fourth-order valence-corrected chi connectivity index (χ4v) is 2.04. The molecule has 2 rings (SSSR count). The number of hydrogen-bond donors (Lipinski definition) is 1. The zero-order valence-corrected chi connectivity index (χ0v) is 10.4. The Morgan fingerprint density at radius 2 is 1.89 bits per heavy atom. The van der Waals surface area contributed by atoms with Crippen molar-refractivity contribution in [2.45, 2.75) is 19.3 Å². The van der Waals surface area contributed by atoms with Crippen LogP contribution in [0.1, 0.15) is 29.6 Å². The highest BCUT2D eigenvalue weighted by Crippen LogP contribution is 2.23. The van der Waals surface area contributed by atoms with Crippen LogP contribution in [0, 0.1) is 0 Å². The molecule has 0 radical (unpaired) electrons. The van der Waals surface area contributed by atoms with Gasteiger partial charge in [-0.25, -0.2) is 0 Å². The van der Waals surface area contributed by atoms with Gasteiger partial charge in [-0.3, -0.25) is 4.79 Å². The van der Waals surface area contributed by atoms with Gasteiger partial charge in [-0.2, -0.15) is 0 Å². The summed E-state index contributed by atoms with van der Waals surface area (Å²) in [7, 11) is 0. The Labute approximate surface area is 107 Å². The molecule has 18 heavy (non-hydrogen) atoms. The largest absolute Gasteiger partial charge is 0.398 e. The predicted octanol–water partition coefficient (Wildman–Crippen LogP) is 3.96. The molecule has 0 aliphatic rings. The Morgan fingerprint density at radius 3 is 2.56 bits per heavy atom. The molecule has 0 aliphatic heterocycles. The van der Waals surface area contributed by atoms with Crippen LogP contribution in [-0.4, -0.2) is 5.78 Å². The van der Waals surface area contributed by atoms with Crippen LogP contribution in [0.3, 0.4) is 0 Å². The van der Waals surface area contributed by atoms with E-state index in [9.17, 15) is 4.79 Å². The molecule has 2 N–H and O–H groups in total. The van der Waals surface area contributed by atoms with Crippen molar-refractivity contribution >= 4 is 22.2 Å². The molecule has 2 heteroatoms. The van der Waals surface area contributed by atoms with Crippen LogP contribution in [0.5, 0.6) is 0 Å². The zero-order valence-electron chi connectivity index (χ0n) is 10.4. The molecular weight excluding hydrogens is 222 g/mol. The van der Waals surface area contributed by atoms with E-state index in [0.717, 1.165) is 23.6 Å². The summed E-state index contributed by atoms with van der Waals surface area (Å²) in [5.74, 6) is 0.111. The van der Waals surface area contributed by atoms with E-state index in [4.69, 9.17) is 5.73 Å². The first-order chi connectivity index (χ1) is 8.72. The molecule has 0 unspecified atom stereocenters. The minimum Gasteiger partial charge on any atom is -0.398 e. The molecule has 2 aromatic carbocycles. The summed E-state index contributed by atoms with van der Waals surface area (Å²) in [6.07, 6.45) is 4.04. The lowest BCUT2D eigenvalue weighted by molar-refractivity contribution is 0.0981. The first-order valence-corrected chi connectivity index (χ1v) is 6.14. The number of hydrogen-bond acceptors (Lipinski definition) is 2. The van der Waals surface area contributed by atoms with E-state index in [0.29, 0.717) is 17.7 Å². The molecule has 92 valence electrons. The quantitative estimate of drug-likeness (QED) is 0.371. The van der Waals surface area contributed by atoms with E-state index in [1.165, 1.54) is 0 Å². The van der Waals surface area contributed by atoms with Crippen LogP contribution < -0.4 is 5.73 Å². The van der Waals surface area contributed by atoms with Crippen LogP contribution in [0.4, 0.5) is 5.69 Å². The minimum atomic E-state index is 0.111. The number of anilines is 1. The molecule has 0 saturated carbocycles. The third-order valence-electron chi connectivity index (χ3n) is 3.03. The summed E-state index contributed by atoms with van der Waals surface area (Å²) >= 11 is 0. The van der Waals surface area contributed by atoms with E-state index >= 15 is 0 Å². The maximum atomic E-state index is 12.1. The van der Waals surface area contributed by atoms with Crippen molar-refractivity contribution in [2.75, 3.05) is 5.73 Å². The van der Waals surface area contributed by atoms with Gasteiger partial charge in [-0.15, -0.1) is 6.58 Å². The Bertz CT molecular complexity index is 587. The van der Waals surface area contributed by atoms with Gasteiger partial charge in [0.1, 0.15) is 0 Å². The summed E-state index contributed by atoms with van der Waals surface area (Å²) in [5.41, 5.74) is 7.15. The van der Waals surface area contributed by atoms with Gasteiger partial charge in [0.15, 0.2) is 5.78 Å². The zero-order chi connectivity index (χ0) is 13.0. The lowest BCUT2D eigenvalue weighted by Crippen LogP contribution is -2.03. The van der Waals surface area contributed by atoms with Crippen molar-refractivity contribution in [1.82, 2.24) is 0 Å². The van der Waals surface area contributed by atoms with Crippen LogP contribution in [-0.2, 0) is 0 Å². The number of unbranched alkanes of at least 4 members (excludes halogenated alkanes) is 1. The second-order valence-electron chi connectivity index (χ2n) is 4.39. The van der Waals surface area contributed by atoms with Crippen molar-refractivity contribution in [3.05, 3.63) is 54.6 Å². The average molecular weight is 239 g/mol. The van der Waals surface area contributed by atoms with Gasteiger partial charge in [-0.05, 0) is 35.7 Å². The van der Waals surface area contributed by atoms with Crippen molar-refractivity contribution in [1.29, 1.82) is 0 Å². The van der Waals surface area contributed by atoms with E-state index in [2.05, 4.69) is 6.58 Å². The topological polar surface area (TPSA) is 43.1 Å². The Hall–Kier alpha value is -2.09. The van der Waals surface area contributed by atoms with Gasteiger partial charge in [0.2, 0.25) is 0 Å². The van der Waals surface area contributed by atoms with Crippen molar-refractivity contribution in [3.63, 3.8) is 0 Å². The van der Waals surface area contributed by atoms with Gasteiger partial charge in [0.05, 0.1) is 0 Å². The second-order valence-corrected chi connectivity index (χ2v) is 4.39. The number of rotatable bonds is 5. The molecule has 0 heterocycles. The molecule has 0 spiro atoms. The number of Topliss-reactive ketones (excluding diaryl/α,β-unsaturated/α-hetero) is 1. The molecule has 0 bridgehead atoms. The predicted molar refractivity (Wildman–Crippen MR) is 76.7 cm³/mol. The first kappa shape index (κ1) is 12.4. The number of fused-ring (bicyclic) bond motifs is 1. The van der Waals surface area contributed by atoms with Crippen molar-refractivity contribution < 1.29 is 4.79 Å². The Morgan fingerprint density at radius 1 is 1.22 bits per heavy atom. The normalized spacial score (nSPS) is 10.4. The van der Waals surface area contributed by atoms with E-state index < -0.39 is 0 Å². The standard InChI is InChI=1S/C16H17NO/c1-2-3-4-9-16(18)14-10-12-7-5-6-8-13(12)11-15(14)17/h2,5-8,10-11H,1,3-4,9,17H2. The molecule has 2 nitrogen and oxygen atoms in total. The number of ketones is 1. The highest BCUT2D eigenvalue weighted by molar-refractivity contribution is 6.05. The summed E-state index contributed by atoms with van der Waals surface area (Å²) < 4.78 is 0. The third kappa shape index (κ3) is 2.59. The number of allylic oxidation sites excluding steroid dienone is 1. The highest BCUT2D eigenvalue weighted by atomic mass is 16.1. The molecular formula is C16H17NO. The van der Waals surface area contributed by atoms with Gasteiger partial charge in [0.25, 0.3) is 0 Å². The van der Waals surface area contributed by atoms with Crippen LogP contribution in [0.25, 0.3) is 10.8 Å². The minimum absolute atomic E-state index is 0.111. The van der Waals surface area contributed by atoms with Crippen molar-refractivity contribution in [2.24, 2.45) is 0 Å². The lowest BCUT2D eigenvalue weighted by atomic mass is 9.99.